The first-order valence-corrected chi connectivity index (χ1v) is 8.32. The molecule has 2 aliphatic rings. The first-order chi connectivity index (χ1) is 11.6. The van der Waals surface area contributed by atoms with E-state index in [1.54, 1.807) is 14.2 Å². The van der Waals surface area contributed by atoms with Crippen LogP contribution in [0, 0.1) is 5.92 Å². The van der Waals surface area contributed by atoms with Crippen LogP contribution in [-0.2, 0) is 11.3 Å². The molecular formula is C18H15Cl2NO3. The van der Waals surface area contributed by atoms with Gasteiger partial charge in [0, 0.05) is 21.2 Å². The van der Waals surface area contributed by atoms with Gasteiger partial charge in [-0.3, -0.25) is 0 Å². The van der Waals surface area contributed by atoms with Gasteiger partial charge in [0.2, 0.25) is 0 Å². The molecule has 0 aromatic heterocycles. The number of oxime groups is 1. The van der Waals surface area contributed by atoms with E-state index in [1.807, 2.05) is 30.3 Å². The lowest BCUT2D eigenvalue weighted by molar-refractivity contribution is 0.0616. The molecule has 0 fully saturated rings. The lowest BCUT2D eigenvalue weighted by atomic mass is 9.92. The first-order valence-electron chi connectivity index (χ1n) is 7.57. The molecule has 2 unspecified atom stereocenters. The van der Waals surface area contributed by atoms with Crippen LogP contribution in [-0.4, -0.2) is 19.9 Å². The summed E-state index contributed by atoms with van der Waals surface area (Å²) < 4.78 is 10.8. The van der Waals surface area contributed by atoms with Crippen LogP contribution >= 0.6 is 23.2 Å². The molecule has 0 bridgehead atoms. The third-order valence-corrected chi connectivity index (χ3v) is 5.25. The van der Waals surface area contributed by atoms with E-state index in [1.165, 1.54) is 0 Å². The van der Waals surface area contributed by atoms with Crippen molar-refractivity contribution in [2.75, 3.05) is 14.2 Å². The van der Waals surface area contributed by atoms with Gasteiger partial charge in [0.15, 0.2) is 17.6 Å². The number of halogens is 2. The zero-order valence-electron chi connectivity index (χ0n) is 13.2. The molecule has 4 nitrogen and oxygen atoms in total. The van der Waals surface area contributed by atoms with E-state index in [9.17, 15) is 0 Å². The average molecular weight is 364 g/mol. The zero-order chi connectivity index (χ0) is 16.8. The Morgan fingerprint density at radius 1 is 1.08 bits per heavy atom. The van der Waals surface area contributed by atoms with Gasteiger partial charge in [0.05, 0.1) is 25.8 Å². The molecule has 0 spiro atoms. The van der Waals surface area contributed by atoms with Crippen molar-refractivity contribution in [1.29, 1.82) is 0 Å². The fraction of sp³-hybridized carbons (Fsp3) is 0.278. The number of hydrogen-bond acceptors (Lipinski definition) is 4. The molecule has 0 saturated heterocycles. The lowest BCUT2D eigenvalue weighted by Crippen LogP contribution is -2.15. The van der Waals surface area contributed by atoms with Crippen LogP contribution in [0.25, 0.3) is 0 Å². The predicted molar refractivity (Wildman–Crippen MR) is 93.6 cm³/mol. The quantitative estimate of drug-likeness (QED) is 0.796. The first kappa shape index (κ1) is 15.6. The Hall–Kier alpha value is -1.91. The molecule has 2 aromatic carbocycles. The SMILES string of the molecule is COc1cc2c(cc1OC)C1=NOC(c3c(Cl)cccc3Cl)C1C2. The fourth-order valence-electron chi connectivity index (χ4n) is 3.45. The molecule has 124 valence electrons. The summed E-state index contributed by atoms with van der Waals surface area (Å²) in [5, 5.41) is 5.50. The Morgan fingerprint density at radius 2 is 1.75 bits per heavy atom. The molecular weight excluding hydrogens is 349 g/mol. The number of nitrogens with zero attached hydrogens (tertiary/aromatic N) is 1. The Labute approximate surface area is 149 Å². The van der Waals surface area contributed by atoms with Gasteiger partial charge in [0.1, 0.15) is 0 Å². The molecule has 0 saturated carbocycles. The molecule has 1 aliphatic heterocycles. The fourth-order valence-corrected chi connectivity index (χ4v) is 4.06. The summed E-state index contributed by atoms with van der Waals surface area (Å²) >= 11 is 12.7. The molecule has 24 heavy (non-hydrogen) atoms. The van der Waals surface area contributed by atoms with Gasteiger partial charge in [-0.25, -0.2) is 0 Å². The number of fused-ring (bicyclic) bond motifs is 3. The smallest absolute Gasteiger partial charge is 0.164 e. The molecule has 2 aromatic rings. The van der Waals surface area contributed by atoms with Crippen molar-refractivity contribution in [2.45, 2.75) is 12.5 Å². The highest BCUT2D eigenvalue weighted by atomic mass is 35.5. The number of benzene rings is 2. The molecule has 0 amide bonds. The van der Waals surface area contributed by atoms with Gasteiger partial charge in [-0.15, -0.1) is 0 Å². The second-order valence-electron chi connectivity index (χ2n) is 5.81. The number of rotatable bonds is 3. The molecule has 0 N–H and O–H groups in total. The average Bonchev–Trinajstić information content (AvgIpc) is 3.13. The van der Waals surface area contributed by atoms with Gasteiger partial charge < -0.3 is 14.3 Å². The number of hydrogen-bond donors (Lipinski definition) is 0. The van der Waals surface area contributed by atoms with Gasteiger partial charge in [0.25, 0.3) is 0 Å². The molecule has 6 heteroatoms. The third-order valence-electron chi connectivity index (χ3n) is 4.59. The third kappa shape index (κ3) is 2.25. The Morgan fingerprint density at radius 3 is 2.42 bits per heavy atom. The maximum atomic E-state index is 6.35. The summed E-state index contributed by atoms with van der Waals surface area (Å²) in [7, 11) is 3.25. The highest BCUT2D eigenvalue weighted by Crippen LogP contribution is 2.48. The minimum absolute atomic E-state index is 0.0780. The van der Waals surface area contributed by atoms with Crippen molar-refractivity contribution in [2.24, 2.45) is 11.1 Å². The van der Waals surface area contributed by atoms with Crippen LogP contribution in [0.3, 0.4) is 0 Å². The normalized spacial score (nSPS) is 20.9. The highest BCUT2D eigenvalue weighted by molar-refractivity contribution is 6.36. The summed E-state index contributed by atoms with van der Waals surface area (Å²) in [6.45, 7) is 0. The Bertz CT molecular complexity index is 830. The van der Waals surface area contributed by atoms with E-state index in [2.05, 4.69) is 5.16 Å². The van der Waals surface area contributed by atoms with E-state index >= 15 is 0 Å². The second-order valence-corrected chi connectivity index (χ2v) is 6.63. The standard InChI is InChI=1S/C18H15Cl2NO3/c1-22-14-7-9-6-11-17(10(9)8-15(14)23-2)21-24-18(11)16-12(19)4-3-5-13(16)20/h3-5,7-8,11,18H,6H2,1-2H3. The van der Waals surface area contributed by atoms with Crippen LogP contribution < -0.4 is 9.47 Å². The zero-order valence-corrected chi connectivity index (χ0v) is 14.7. The van der Waals surface area contributed by atoms with Gasteiger partial charge >= 0.3 is 0 Å². The van der Waals surface area contributed by atoms with Crippen molar-refractivity contribution in [3.8, 4) is 11.5 Å². The van der Waals surface area contributed by atoms with Crippen LogP contribution in [0.15, 0.2) is 35.5 Å². The second kappa shape index (κ2) is 5.87. The van der Waals surface area contributed by atoms with E-state index in [-0.39, 0.29) is 12.0 Å². The highest BCUT2D eigenvalue weighted by Gasteiger charge is 2.43. The predicted octanol–water partition coefficient (Wildman–Crippen LogP) is 4.66. The van der Waals surface area contributed by atoms with Crippen molar-refractivity contribution >= 4 is 28.9 Å². The molecule has 1 heterocycles. The monoisotopic (exact) mass is 363 g/mol. The van der Waals surface area contributed by atoms with Gasteiger partial charge in [-0.05, 0) is 36.2 Å². The summed E-state index contributed by atoms with van der Waals surface area (Å²) in [4.78, 5) is 5.70. The Kier molecular flexibility index (Phi) is 3.82. The van der Waals surface area contributed by atoms with Crippen molar-refractivity contribution in [3.63, 3.8) is 0 Å². The van der Waals surface area contributed by atoms with Crippen molar-refractivity contribution in [1.82, 2.24) is 0 Å². The van der Waals surface area contributed by atoms with Crippen molar-refractivity contribution < 1.29 is 14.3 Å². The van der Waals surface area contributed by atoms with E-state index in [0.717, 1.165) is 28.8 Å². The van der Waals surface area contributed by atoms with E-state index in [4.69, 9.17) is 37.5 Å². The summed E-state index contributed by atoms with van der Waals surface area (Å²) in [5.41, 5.74) is 3.89. The van der Waals surface area contributed by atoms with Crippen LogP contribution in [0.2, 0.25) is 10.0 Å². The maximum absolute atomic E-state index is 6.35. The summed E-state index contributed by atoms with van der Waals surface area (Å²) in [6.07, 6.45) is 0.506. The molecule has 4 rings (SSSR count). The van der Waals surface area contributed by atoms with Gasteiger partial charge in [-0.1, -0.05) is 34.4 Å². The minimum atomic E-state index is -0.286. The molecule has 1 aliphatic carbocycles. The Balaban J connectivity index is 1.75. The van der Waals surface area contributed by atoms with Crippen LogP contribution in [0.4, 0.5) is 0 Å². The molecule has 2 atom stereocenters. The van der Waals surface area contributed by atoms with Crippen molar-refractivity contribution in [3.05, 3.63) is 57.1 Å². The van der Waals surface area contributed by atoms with Crippen LogP contribution in [0.1, 0.15) is 22.8 Å². The van der Waals surface area contributed by atoms with E-state index < -0.39 is 0 Å². The summed E-state index contributed by atoms with van der Waals surface area (Å²) in [5.74, 6) is 1.47. The summed E-state index contributed by atoms with van der Waals surface area (Å²) in [6, 6.07) is 9.41. The number of ether oxygens (including phenoxy) is 2. The lowest BCUT2D eigenvalue weighted by Gasteiger charge is -2.17. The van der Waals surface area contributed by atoms with Crippen LogP contribution in [0.5, 0.6) is 11.5 Å². The topological polar surface area (TPSA) is 40.0 Å². The number of methoxy groups -OCH3 is 2. The van der Waals surface area contributed by atoms with Gasteiger partial charge in [-0.2, -0.15) is 0 Å². The maximum Gasteiger partial charge on any atom is 0.164 e. The minimum Gasteiger partial charge on any atom is -0.493 e. The molecule has 0 radical (unpaired) electrons. The van der Waals surface area contributed by atoms with E-state index in [0.29, 0.717) is 21.5 Å². The largest absolute Gasteiger partial charge is 0.493 e.